The molecule has 1 aliphatic heterocycles. The zero-order valence-corrected chi connectivity index (χ0v) is 20.9. The normalized spacial score (nSPS) is 15.3. The summed E-state index contributed by atoms with van der Waals surface area (Å²) in [7, 11) is 1.02. The fourth-order valence-electron chi connectivity index (χ4n) is 3.57. The molecule has 3 amide bonds. The first-order valence-corrected chi connectivity index (χ1v) is 12.0. The van der Waals surface area contributed by atoms with E-state index in [4.69, 9.17) is 16.3 Å². The molecule has 2 aromatic rings. The lowest BCUT2D eigenvalue weighted by Crippen LogP contribution is -2.51. The van der Waals surface area contributed by atoms with Crippen molar-refractivity contribution in [2.45, 2.75) is 18.6 Å². The van der Waals surface area contributed by atoms with Gasteiger partial charge in [-0.15, -0.1) is 11.3 Å². The third-order valence-electron chi connectivity index (χ3n) is 5.34. The van der Waals surface area contributed by atoms with Crippen LogP contribution in [0.4, 0.5) is 33.3 Å². The minimum Gasteiger partial charge on any atom is -0.370 e. The van der Waals surface area contributed by atoms with Crippen molar-refractivity contribution < 1.29 is 41.1 Å². The number of carbonyl (C=O) groups is 3. The molecule has 0 aliphatic carbocycles. The molecule has 0 spiro atoms. The maximum absolute atomic E-state index is 13.8. The van der Waals surface area contributed by atoms with Gasteiger partial charge in [0.2, 0.25) is 5.91 Å². The molecule has 0 unspecified atom stereocenters. The Morgan fingerprint density at radius 3 is 2.57 bits per heavy atom. The van der Waals surface area contributed by atoms with E-state index in [0.29, 0.717) is 9.24 Å². The molecule has 202 valence electrons. The Morgan fingerprint density at radius 2 is 1.97 bits per heavy atom. The number of hydrogen-bond acceptors (Lipinski definition) is 6. The van der Waals surface area contributed by atoms with Crippen LogP contribution in [0.3, 0.4) is 0 Å². The summed E-state index contributed by atoms with van der Waals surface area (Å²) in [6, 6.07) is 4.81. The highest BCUT2D eigenvalue weighted by atomic mass is 35.5. The Balaban J connectivity index is 1.81. The predicted molar refractivity (Wildman–Crippen MR) is 127 cm³/mol. The average molecular weight is 569 g/mol. The summed E-state index contributed by atoms with van der Waals surface area (Å²) >= 11 is 6.73. The average Bonchev–Trinajstić information content (AvgIpc) is 3.25. The molecule has 1 fully saturated rings. The van der Waals surface area contributed by atoms with Gasteiger partial charge in [0.25, 0.3) is 18.2 Å². The number of rotatable bonds is 9. The molecule has 0 bridgehead atoms. The van der Waals surface area contributed by atoms with E-state index in [9.17, 15) is 36.3 Å². The van der Waals surface area contributed by atoms with Crippen molar-refractivity contribution in [1.29, 1.82) is 0 Å². The van der Waals surface area contributed by atoms with E-state index in [0.717, 1.165) is 30.5 Å². The van der Waals surface area contributed by atoms with Gasteiger partial charge in [0.1, 0.15) is 12.6 Å². The van der Waals surface area contributed by atoms with E-state index in [-0.39, 0.29) is 36.0 Å². The lowest BCUT2D eigenvalue weighted by molar-refractivity contribution is -0.150. The third kappa shape index (κ3) is 7.84. The van der Waals surface area contributed by atoms with Crippen molar-refractivity contribution >= 4 is 52.0 Å². The van der Waals surface area contributed by atoms with Crippen LogP contribution in [0.5, 0.6) is 0 Å². The molecule has 2 N–H and O–H groups in total. The zero-order valence-electron chi connectivity index (χ0n) is 19.3. The van der Waals surface area contributed by atoms with Crippen molar-refractivity contribution in [3.8, 4) is 0 Å². The molecule has 1 aromatic heterocycles. The number of morpholine rings is 1. The van der Waals surface area contributed by atoms with Gasteiger partial charge in [0, 0.05) is 30.0 Å². The van der Waals surface area contributed by atoms with Gasteiger partial charge in [-0.2, -0.15) is 13.2 Å². The Bertz CT molecular complexity index is 1150. The number of ether oxygens (including phenoxy) is 1. The standard InChI is InChI=1S/C22H22ClF5N4O4S/c1-31(11-22(26,27)28)15(9-29-21(35)16-4-5-17(23)37-16)20(34)30-14-3-2-12(8-13(14)19(24)25)32-6-7-36-10-18(32)33/h2-5,8,15,19H,6-7,9-11H2,1H3,(H,29,35)(H,30,34)/t15-/m0/s1. The summed E-state index contributed by atoms with van der Waals surface area (Å²) < 4.78 is 72.1. The SMILES string of the molecule is CN(CC(F)(F)F)[C@@H](CNC(=O)c1ccc(Cl)s1)C(=O)Nc1ccc(N2CCOCC2=O)cc1C(F)F. The fourth-order valence-corrected chi connectivity index (χ4v) is 4.53. The molecule has 37 heavy (non-hydrogen) atoms. The maximum atomic E-state index is 13.8. The highest BCUT2D eigenvalue weighted by Crippen LogP contribution is 2.32. The number of nitrogens with zero attached hydrogens (tertiary/aromatic N) is 2. The number of nitrogens with one attached hydrogen (secondary N) is 2. The number of benzene rings is 1. The second-order valence-electron chi connectivity index (χ2n) is 8.02. The van der Waals surface area contributed by atoms with Gasteiger partial charge < -0.3 is 20.3 Å². The highest BCUT2D eigenvalue weighted by molar-refractivity contribution is 7.18. The molecule has 1 atom stereocenters. The van der Waals surface area contributed by atoms with Crippen LogP contribution in [0.1, 0.15) is 21.7 Å². The van der Waals surface area contributed by atoms with Gasteiger partial charge in [0.05, 0.1) is 22.4 Å². The van der Waals surface area contributed by atoms with Crippen LogP contribution in [-0.4, -0.2) is 74.7 Å². The molecule has 1 aliphatic rings. The minimum absolute atomic E-state index is 0.146. The maximum Gasteiger partial charge on any atom is 0.401 e. The number of thiophene rings is 1. The number of anilines is 2. The molecule has 3 rings (SSSR count). The summed E-state index contributed by atoms with van der Waals surface area (Å²) in [5.41, 5.74) is -0.805. The monoisotopic (exact) mass is 568 g/mol. The highest BCUT2D eigenvalue weighted by Gasteiger charge is 2.35. The van der Waals surface area contributed by atoms with Gasteiger partial charge >= 0.3 is 6.18 Å². The number of hydrogen-bond donors (Lipinski definition) is 2. The number of carbonyl (C=O) groups excluding carboxylic acids is 3. The van der Waals surface area contributed by atoms with Crippen molar-refractivity contribution in [3.63, 3.8) is 0 Å². The first-order chi connectivity index (χ1) is 17.4. The van der Waals surface area contributed by atoms with Crippen LogP contribution >= 0.6 is 22.9 Å². The molecule has 1 saturated heterocycles. The second-order valence-corrected chi connectivity index (χ2v) is 9.73. The van der Waals surface area contributed by atoms with Gasteiger partial charge in [-0.1, -0.05) is 11.6 Å². The van der Waals surface area contributed by atoms with Crippen LogP contribution in [0.2, 0.25) is 4.34 Å². The smallest absolute Gasteiger partial charge is 0.370 e. The van der Waals surface area contributed by atoms with Crippen LogP contribution < -0.4 is 15.5 Å². The summed E-state index contributed by atoms with van der Waals surface area (Å²) in [6.07, 6.45) is -7.74. The topological polar surface area (TPSA) is 91.0 Å². The van der Waals surface area contributed by atoms with Gasteiger partial charge in [-0.25, -0.2) is 8.78 Å². The third-order valence-corrected chi connectivity index (χ3v) is 6.57. The Hall–Kier alpha value is -2.81. The molecule has 8 nitrogen and oxygen atoms in total. The number of likely N-dealkylation sites (N-methyl/N-ethyl adjacent to an activating group) is 1. The molecule has 15 heteroatoms. The van der Waals surface area contributed by atoms with E-state index in [1.165, 1.54) is 23.1 Å². The van der Waals surface area contributed by atoms with Crippen LogP contribution in [0, 0.1) is 0 Å². The molecule has 0 saturated carbocycles. The van der Waals surface area contributed by atoms with Crippen LogP contribution in [-0.2, 0) is 14.3 Å². The molecular formula is C22H22ClF5N4O4S. The van der Waals surface area contributed by atoms with Crippen molar-refractivity contribution in [1.82, 2.24) is 10.2 Å². The summed E-state index contributed by atoms with van der Waals surface area (Å²) in [6.45, 7) is -1.89. The Morgan fingerprint density at radius 1 is 1.24 bits per heavy atom. The van der Waals surface area contributed by atoms with Gasteiger partial charge in [-0.3, -0.25) is 19.3 Å². The summed E-state index contributed by atoms with van der Waals surface area (Å²) in [4.78, 5) is 39.5. The Labute approximate surface area is 217 Å². The quantitative estimate of drug-likeness (QED) is 0.447. The van der Waals surface area contributed by atoms with E-state index in [1.807, 2.05) is 0 Å². The lowest BCUT2D eigenvalue weighted by Gasteiger charge is -2.29. The van der Waals surface area contributed by atoms with Crippen molar-refractivity contribution in [2.75, 3.05) is 50.1 Å². The second kappa shape index (κ2) is 12.2. The molecular weight excluding hydrogens is 547 g/mol. The van der Waals surface area contributed by atoms with Gasteiger partial charge in [0.15, 0.2) is 0 Å². The molecule has 1 aromatic carbocycles. The van der Waals surface area contributed by atoms with Crippen LogP contribution in [0.25, 0.3) is 0 Å². The zero-order chi connectivity index (χ0) is 27.3. The number of halogens is 6. The summed E-state index contributed by atoms with van der Waals surface area (Å²) in [5, 5.41) is 4.62. The van der Waals surface area contributed by atoms with Crippen molar-refractivity contribution in [2.24, 2.45) is 0 Å². The van der Waals surface area contributed by atoms with Gasteiger partial charge in [-0.05, 0) is 37.4 Å². The molecule has 0 radical (unpaired) electrons. The molecule has 2 heterocycles. The van der Waals surface area contributed by atoms with E-state index >= 15 is 0 Å². The number of amides is 3. The van der Waals surface area contributed by atoms with E-state index in [2.05, 4.69) is 10.6 Å². The summed E-state index contributed by atoms with van der Waals surface area (Å²) in [5.74, 6) is -2.14. The predicted octanol–water partition coefficient (Wildman–Crippen LogP) is 3.93. The lowest BCUT2D eigenvalue weighted by atomic mass is 10.1. The van der Waals surface area contributed by atoms with Crippen molar-refractivity contribution in [3.05, 3.63) is 45.1 Å². The fraction of sp³-hybridized carbons (Fsp3) is 0.409. The Kier molecular flexibility index (Phi) is 9.45. The first kappa shape index (κ1) is 28.8. The first-order valence-electron chi connectivity index (χ1n) is 10.8. The van der Waals surface area contributed by atoms with Crippen LogP contribution in [0.15, 0.2) is 30.3 Å². The van der Waals surface area contributed by atoms with E-state index < -0.39 is 55.0 Å². The minimum atomic E-state index is -4.67. The largest absolute Gasteiger partial charge is 0.401 e. The van der Waals surface area contributed by atoms with E-state index in [1.54, 1.807) is 0 Å². The number of alkyl halides is 5.